The van der Waals surface area contributed by atoms with Gasteiger partial charge in [0.15, 0.2) is 11.2 Å². The van der Waals surface area contributed by atoms with Crippen molar-refractivity contribution in [3.8, 4) is 5.75 Å². The van der Waals surface area contributed by atoms with Crippen LogP contribution in [0.1, 0.15) is 29.5 Å². The summed E-state index contributed by atoms with van der Waals surface area (Å²) in [5.74, 6) is 0.490. The summed E-state index contributed by atoms with van der Waals surface area (Å²) in [6, 6.07) is 24.9. The normalized spacial score (nSPS) is 15.5. The van der Waals surface area contributed by atoms with Gasteiger partial charge in [0.2, 0.25) is 11.9 Å². The van der Waals surface area contributed by atoms with Crippen LogP contribution < -0.4 is 26.2 Å². The first-order valence-electron chi connectivity index (χ1n) is 14.4. The lowest BCUT2D eigenvalue weighted by Crippen LogP contribution is -2.44. The van der Waals surface area contributed by atoms with E-state index in [1.54, 1.807) is 6.07 Å². The maximum Gasteiger partial charge on any atom is 0.573 e. The SMILES string of the molecule is NC1CCCN(c2nc3nc(NCc4ccccc4)n(Cc4cccc(OC(F)(F)F)c4)c(=O)c3n2Cc2ccccc2)C1. The molecule has 12 heteroatoms. The number of ether oxygens (including phenoxy) is 1. The Balaban J connectivity index is 1.48. The number of anilines is 2. The zero-order valence-electron chi connectivity index (χ0n) is 23.9. The van der Waals surface area contributed by atoms with Gasteiger partial charge in [-0.1, -0.05) is 72.8 Å². The molecule has 0 bridgehead atoms. The van der Waals surface area contributed by atoms with E-state index < -0.39 is 6.36 Å². The molecule has 0 amide bonds. The van der Waals surface area contributed by atoms with Crippen LogP contribution in [0.2, 0.25) is 0 Å². The van der Waals surface area contributed by atoms with E-state index in [4.69, 9.17) is 15.7 Å². The third kappa shape index (κ3) is 6.70. The number of alkyl halides is 3. The van der Waals surface area contributed by atoms with Crippen molar-refractivity contribution in [3.63, 3.8) is 0 Å². The Labute approximate surface area is 251 Å². The quantitative estimate of drug-likeness (QED) is 0.241. The van der Waals surface area contributed by atoms with E-state index in [2.05, 4.69) is 15.0 Å². The van der Waals surface area contributed by atoms with Crippen molar-refractivity contribution >= 4 is 23.1 Å². The third-order valence-corrected chi connectivity index (χ3v) is 7.53. The van der Waals surface area contributed by atoms with Crippen LogP contribution in [-0.4, -0.2) is 44.6 Å². The maximum absolute atomic E-state index is 14.4. The number of hydrogen-bond acceptors (Lipinski definition) is 7. The van der Waals surface area contributed by atoms with Gasteiger partial charge in [-0.05, 0) is 41.7 Å². The Kier molecular flexibility index (Phi) is 8.25. The molecule has 44 heavy (non-hydrogen) atoms. The lowest BCUT2D eigenvalue weighted by atomic mass is 10.1. The summed E-state index contributed by atoms with van der Waals surface area (Å²) in [5.41, 5.74) is 8.91. The van der Waals surface area contributed by atoms with Crippen molar-refractivity contribution in [2.24, 2.45) is 5.73 Å². The van der Waals surface area contributed by atoms with Gasteiger partial charge in [-0.3, -0.25) is 13.9 Å². The second-order valence-electron chi connectivity index (χ2n) is 10.9. The van der Waals surface area contributed by atoms with Gasteiger partial charge in [0, 0.05) is 25.7 Å². The molecule has 0 spiro atoms. The summed E-state index contributed by atoms with van der Waals surface area (Å²) in [5, 5.41) is 3.26. The molecular formula is C32H32F3N7O2. The Morgan fingerprint density at radius 3 is 2.27 bits per heavy atom. The maximum atomic E-state index is 14.4. The minimum absolute atomic E-state index is 0.0207. The average Bonchev–Trinajstić information content (AvgIpc) is 3.36. The predicted octanol–water partition coefficient (Wildman–Crippen LogP) is 5.13. The minimum Gasteiger partial charge on any atom is -0.406 e. The molecule has 0 saturated carbocycles. The van der Waals surface area contributed by atoms with Gasteiger partial charge >= 0.3 is 6.36 Å². The lowest BCUT2D eigenvalue weighted by molar-refractivity contribution is -0.274. The second kappa shape index (κ2) is 12.4. The molecule has 1 aliphatic rings. The molecule has 1 saturated heterocycles. The molecule has 9 nitrogen and oxygen atoms in total. The van der Waals surface area contributed by atoms with Crippen molar-refractivity contribution in [1.82, 2.24) is 19.1 Å². The van der Waals surface area contributed by atoms with Crippen LogP contribution in [-0.2, 0) is 19.6 Å². The van der Waals surface area contributed by atoms with Crippen molar-refractivity contribution in [3.05, 3.63) is 112 Å². The molecule has 0 radical (unpaired) electrons. The zero-order chi connectivity index (χ0) is 30.7. The number of halogens is 3. The number of fused-ring (bicyclic) bond motifs is 1. The van der Waals surface area contributed by atoms with E-state index in [1.165, 1.54) is 22.8 Å². The average molecular weight is 604 g/mol. The highest BCUT2D eigenvalue weighted by Crippen LogP contribution is 2.27. The Morgan fingerprint density at radius 2 is 1.57 bits per heavy atom. The second-order valence-corrected chi connectivity index (χ2v) is 10.9. The van der Waals surface area contributed by atoms with E-state index in [0.717, 1.165) is 30.5 Å². The van der Waals surface area contributed by atoms with Crippen LogP contribution in [0.4, 0.5) is 25.1 Å². The van der Waals surface area contributed by atoms with E-state index in [9.17, 15) is 18.0 Å². The molecule has 3 N–H and O–H groups in total. The summed E-state index contributed by atoms with van der Waals surface area (Å²) in [6.45, 7) is 2.03. The standard InChI is InChI=1S/C32H32F3N7O2/c33-32(34,35)44-26-15-7-13-24(17-26)20-42-29(43)27-28(38-30(42)37-18-22-9-3-1-4-10-22)39-31(40-16-8-14-25(36)21-40)41(27)19-23-11-5-2-6-12-23/h1-7,9-13,15,17,25H,8,14,16,18-21,36H2,(H,37,38). The number of imidazole rings is 1. The summed E-state index contributed by atoms with van der Waals surface area (Å²) >= 11 is 0. The van der Waals surface area contributed by atoms with Crippen LogP contribution in [0, 0.1) is 0 Å². The van der Waals surface area contributed by atoms with Crippen LogP contribution in [0.15, 0.2) is 89.7 Å². The van der Waals surface area contributed by atoms with Gasteiger partial charge in [0.05, 0.1) is 13.1 Å². The minimum atomic E-state index is -4.84. The van der Waals surface area contributed by atoms with Gasteiger partial charge < -0.3 is 20.7 Å². The van der Waals surface area contributed by atoms with Crippen molar-refractivity contribution in [1.29, 1.82) is 0 Å². The summed E-state index contributed by atoms with van der Waals surface area (Å²) in [4.78, 5) is 26.2. The fourth-order valence-electron chi connectivity index (χ4n) is 5.53. The van der Waals surface area contributed by atoms with Gasteiger partial charge in [-0.2, -0.15) is 9.97 Å². The number of nitrogens with two attached hydrogens (primary N) is 1. The third-order valence-electron chi connectivity index (χ3n) is 7.53. The smallest absolute Gasteiger partial charge is 0.406 e. The van der Waals surface area contributed by atoms with Crippen molar-refractivity contribution < 1.29 is 17.9 Å². The van der Waals surface area contributed by atoms with Crippen molar-refractivity contribution in [2.75, 3.05) is 23.3 Å². The first kappa shape index (κ1) is 29.2. The molecule has 3 heterocycles. The summed E-state index contributed by atoms with van der Waals surface area (Å²) in [6.07, 6.45) is -3.03. The Morgan fingerprint density at radius 1 is 0.886 bits per heavy atom. The molecule has 1 atom stereocenters. The first-order valence-corrected chi connectivity index (χ1v) is 14.4. The van der Waals surface area contributed by atoms with E-state index in [1.807, 2.05) is 65.2 Å². The van der Waals surface area contributed by atoms with Crippen LogP contribution >= 0.6 is 0 Å². The predicted molar refractivity (Wildman–Crippen MR) is 163 cm³/mol. The van der Waals surface area contributed by atoms with Crippen LogP contribution in [0.5, 0.6) is 5.75 Å². The number of benzene rings is 3. The molecule has 1 aliphatic heterocycles. The highest BCUT2D eigenvalue weighted by molar-refractivity contribution is 5.76. The number of rotatable bonds is 9. The van der Waals surface area contributed by atoms with E-state index >= 15 is 0 Å². The molecule has 2 aromatic heterocycles. The molecule has 1 unspecified atom stereocenters. The van der Waals surface area contributed by atoms with Crippen LogP contribution in [0.3, 0.4) is 0 Å². The summed E-state index contributed by atoms with van der Waals surface area (Å²) in [7, 11) is 0. The van der Waals surface area contributed by atoms with E-state index in [0.29, 0.717) is 36.7 Å². The summed E-state index contributed by atoms with van der Waals surface area (Å²) < 4.78 is 46.3. The molecule has 0 aliphatic carbocycles. The zero-order valence-corrected chi connectivity index (χ0v) is 23.9. The number of hydrogen-bond donors (Lipinski definition) is 2. The van der Waals surface area contributed by atoms with Crippen molar-refractivity contribution in [2.45, 2.75) is 44.9 Å². The fraction of sp³-hybridized carbons (Fsp3) is 0.281. The lowest BCUT2D eigenvalue weighted by Gasteiger charge is -2.31. The van der Waals surface area contributed by atoms with Gasteiger partial charge in [-0.25, -0.2) is 0 Å². The molecule has 3 aromatic carbocycles. The number of nitrogens with zero attached hydrogens (tertiary/aromatic N) is 5. The van der Waals surface area contributed by atoms with Gasteiger partial charge in [-0.15, -0.1) is 13.2 Å². The molecule has 5 aromatic rings. The largest absolute Gasteiger partial charge is 0.573 e. The number of piperidine rings is 1. The molecule has 1 fully saturated rings. The van der Waals surface area contributed by atoms with E-state index in [-0.39, 0.29) is 35.5 Å². The molecule has 6 rings (SSSR count). The fourth-order valence-corrected chi connectivity index (χ4v) is 5.53. The molecule has 228 valence electrons. The number of aromatic nitrogens is 4. The van der Waals surface area contributed by atoms with Crippen LogP contribution in [0.25, 0.3) is 11.2 Å². The molecular weight excluding hydrogens is 571 g/mol. The van der Waals surface area contributed by atoms with Gasteiger partial charge in [0.1, 0.15) is 5.75 Å². The Bertz CT molecular complexity index is 1790. The highest BCUT2D eigenvalue weighted by atomic mass is 19.4. The van der Waals surface area contributed by atoms with Gasteiger partial charge in [0.25, 0.3) is 5.56 Å². The number of nitrogens with one attached hydrogen (secondary N) is 1. The Hall–Kier alpha value is -4.84. The highest BCUT2D eigenvalue weighted by Gasteiger charge is 2.31. The monoisotopic (exact) mass is 603 g/mol. The first-order chi connectivity index (χ1) is 21.2. The topological polar surface area (TPSA) is 103 Å².